The third kappa shape index (κ3) is 38.6. The third-order valence-electron chi connectivity index (χ3n) is 2.22. The van der Waals surface area contributed by atoms with Crippen LogP contribution in [0.5, 0.6) is 0 Å². The maximum atomic E-state index is 10.1. The second-order valence-corrected chi connectivity index (χ2v) is 4.29. The number of aliphatic carboxylic acids is 4. The first kappa shape index (κ1) is 32.8. The summed E-state index contributed by atoms with van der Waals surface area (Å²) in [5.74, 6) is -4.41. The van der Waals surface area contributed by atoms with Crippen LogP contribution in [0.25, 0.3) is 0 Å². The van der Waals surface area contributed by atoms with Gasteiger partial charge in [-0.05, 0) is 12.8 Å². The van der Waals surface area contributed by atoms with Gasteiger partial charge in [-0.3, -0.25) is 9.59 Å². The first-order valence-corrected chi connectivity index (χ1v) is 6.66. The molecule has 0 unspecified atom stereocenters. The van der Waals surface area contributed by atoms with E-state index in [1.54, 1.807) is 0 Å². The van der Waals surface area contributed by atoms with E-state index in [-0.39, 0.29) is 116 Å². The van der Waals surface area contributed by atoms with Crippen LogP contribution in [0.4, 0.5) is 0 Å². The minimum atomic E-state index is -1.45. The van der Waals surface area contributed by atoms with Crippen molar-refractivity contribution in [2.75, 3.05) is 13.2 Å². The molecule has 0 aliphatic carbocycles. The second-order valence-electron chi connectivity index (χ2n) is 4.29. The van der Waals surface area contributed by atoms with Crippen molar-refractivity contribution in [1.82, 2.24) is 0 Å². The molecule has 0 amide bonds. The van der Waals surface area contributed by atoms with Crippen molar-refractivity contribution in [2.45, 2.75) is 44.9 Å². The molecule has 0 aliphatic heterocycles. The summed E-state index contributed by atoms with van der Waals surface area (Å²) < 4.78 is 4.03. The molecule has 11 heteroatoms. The summed E-state index contributed by atoms with van der Waals surface area (Å²) in [7, 11) is 0. The Morgan fingerprint density at radius 1 is 0.667 bits per heavy atom. The number of carboxylic acid groups (broad SMARTS) is 4. The zero-order valence-corrected chi connectivity index (χ0v) is 20.4. The van der Waals surface area contributed by atoms with E-state index in [1.165, 1.54) is 0 Å². The summed E-state index contributed by atoms with van der Waals surface area (Å²) in [4.78, 5) is 39.3. The smallest absolute Gasteiger partial charge is 0.548 e. The summed E-state index contributed by atoms with van der Waals surface area (Å²) in [6.07, 6.45) is 4.53. The summed E-state index contributed by atoms with van der Waals surface area (Å²) in [6.45, 7) is -1.43. The molecule has 0 saturated heterocycles. The minimum Gasteiger partial charge on any atom is -0.548 e. The molecule has 0 atom stereocenters. The molecular weight excluding hydrogens is 378 g/mol. The first-order valence-electron chi connectivity index (χ1n) is 6.66. The quantitative estimate of drug-likeness (QED) is 0.240. The maximum Gasteiger partial charge on any atom is 1.00 e. The number of carbonyl (C=O) groups excluding carboxylic acids is 2. The Morgan fingerprint density at radius 3 is 1.21 bits per heavy atom. The van der Waals surface area contributed by atoms with Crippen molar-refractivity contribution < 1.29 is 147 Å². The van der Waals surface area contributed by atoms with Crippen molar-refractivity contribution >= 4 is 23.9 Å². The van der Waals surface area contributed by atoms with Gasteiger partial charge in [0.15, 0.2) is 0 Å². The van der Waals surface area contributed by atoms with Crippen LogP contribution in [0.3, 0.4) is 0 Å². The van der Waals surface area contributed by atoms with Crippen molar-refractivity contribution in [3.63, 3.8) is 0 Å². The van der Waals surface area contributed by atoms with E-state index >= 15 is 0 Å². The summed E-state index contributed by atoms with van der Waals surface area (Å²) in [6, 6.07) is 0. The van der Waals surface area contributed by atoms with E-state index in [9.17, 15) is 29.4 Å². The van der Waals surface area contributed by atoms with Crippen LogP contribution in [0.1, 0.15) is 44.9 Å². The zero-order valence-electron chi connectivity index (χ0n) is 14.1. The van der Waals surface area contributed by atoms with E-state index in [2.05, 4.69) is 4.74 Å². The number of unbranched alkanes of at least 4 members (excludes halogenated alkanes) is 4. The number of carboxylic acids is 4. The van der Waals surface area contributed by atoms with Gasteiger partial charge in [0.05, 0.1) is 25.2 Å². The van der Waals surface area contributed by atoms with Gasteiger partial charge in [0.1, 0.15) is 0 Å². The van der Waals surface area contributed by atoms with Crippen molar-refractivity contribution in [3.8, 4) is 0 Å². The average Bonchev–Trinajstić information content (AvgIpc) is 2.36. The summed E-state index contributed by atoms with van der Waals surface area (Å²) >= 11 is 0. The van der Waals surface area contributed by atoms with E-state index in [0.717, 1.165) is 19.3 Å². The van der Waals surface area contributed by atoms with E-state index in [1.807, 2.05) is 0 Å². The van der Waals surface area contributed by atoms with Gasteiger partial charge in [0, 0.05) is 12.8 Å². The molecule has 0 aromatic carbocycles. The summed E-state index contributed by atoms with van der Waals surface area (Å²) in [5, 5.41) is 35.7. The molecule has 0 aromatic rings. The van der Waals surface area contributed by atoms with Crippen LogP contribution < -0.4 is 113 Å². The van der Waals surface area contributed by atoms with Gasteiger partial charge >= 0.3 is 115 Å². The number of hydrogen-bond acceptors (Lipinski definition) is 7. The molecule has 0 spiro atoms. The molecule has 0 fully saturated rings. The Labute approximate surface area is 225 Å². The molecule has 24 heavy (non-hydrogen) atoms. The van der Waals surface area contributed by atoms with Gasteiger partial charge in [0.2, 0.25) is 0 Å². The summed E-state index contributed by atoms with van der Waals surface area (Å²) in [5.41, 5.74) is 0. The first-order chi connectivity index (χ1) is 10.3. The average molecular weight is 398 g/mol. The molecule has 9 nitrogen and oxygen atoms in total. The Morgan fingerprint density at radius 2 is 0.958 bits per heavy atom. The van der Waals surface area contributed by atoms with Gasteiger partial charge in [-0.1, -0.05) is 19.3 Å². The van der Waals surface area contributed by atoms with Gasteiger partial charge < -0.3 is 34.8 Å². The van der Waals surface area contributed by atoms with Gasteiger partial charge in [0.25, 0.3) is 0 Å². The third-order valence-corrected chi connectivity index (χ3v) is 2.22. The van der Waals surface area contributed by atoms with Crippen molar-refractivity contribution in [2.24, 2.45) is 0 Å². The molecule has 0 aliphatic rings. The topological polar surface area (TPSA) is 164 Å². The van der Waals surface area contributed by atoms with E-state index in [4.69, 9.17) is 10.2 Å². The van der Waals surface area contributed by atoms with E-state index in [0.29, 0.717) is 12.8 Å². The fourth-order valence-electron chi connectivity index (χ4n) is 1.30. The Kier molecular flexibility index (Phi) is 32.9. The maximum absolute atomic E-state index is 10.1. The number of carbonyl (C=O) groups is 4. The fraction of sp³-hybridized carbons (Fsp3) is 0.692. The van der Waals surface area contributed by atoms with Crippen molar-refractivity contribution in [3.05, 3.63) is 0 Å². The monoisotopic (exact) mass is 398 g/mol. The predicted octanol–water partition coefficient (Wildman–Crippen LogP) is -7.60. The predicted molar refractivity (Wildman–Crippen MR) is 68.4 cm³/mol. The molecule has 128 valence electrons. The Balaban J connectivity index is -0.000000162. The molecule has 0 rings (SSSR count). The number of hydrogen-bond donors (Lipinski definition) is 2. The number of rotatable bonds is 12. The number of ether oxygens (including phenoxy) is 1. The van der Waals surface area contributed by atoms with Crippen LogP contribution in [-0.2, 0) is 23.9 Å². The molecular formula is C13H20K2O9. The van der Waals surface area contributed by atoms with Gasteiger partial charge in [-0.2, -0.15) is 0 Å². The van der Waals surface area contributed by atoms with Crippen LogP contribution >= 0.6 is 0 Å². The normalized spacial score (nSPS) is 8.67. The molecule has 0 saturated carbocycles. The van der Waals surface area contributed by atoms with Crippen LogP contribution in [0.15, 0.2) is 0 Å². The van der Waals surface area contributed by atoms with Crippen molar-refractivity contribution in [1.29, 1.82) is 0 Å². The molecule has 0 aromatic heterocycles. The largest absolute Gasteiger partial charge is 1.00 e. The minimum absolute atomic E-state index is 0. The molecule has 2 N–H and O–H groups in total. The van der Waals surface area contributed by atoms with Crippen LogP contribution in [0.2, 0.25) is 0 Å². The van der Waals surface area contributed by atoms with Gasteiger partial charge in [-0.15, -0.1) is 0 Å². The molecule has 0 heterocycles. The molecule has 0 radical (unpaired) electrons. The fourth-order valence-corrected chi connectivity index (χ4v) is 1.30. The zero-order chi connectivity index (χ0) is 17.4. The van der Waals surface area contributed by atoms with E-state index < -0.39 is 37.1 Å². The van der Waals surface area contributed by atoms with Crippen LogP contribution in [-0.4, -0.2) is 47.3 Å². The van der Waals surface area contributed by atoms with Gasteiger partial charge in [-0.25, -0.2) is 0 Å². The molecule has 0 bridgehead atoms. The Hall–Kier alpha value is 1.11. The second kappa shape index (κ2) is 24.1. The van der Waals surface area contributed by atoms with Crippen LogP contribution in [0, 0.1) is 0 Å². The Bertz CT molecular complexity index is 329. The standard InChI is InChI=1S/C9H16O4.C4H6O5.2K/c10-8(11)6-4-2-1-3-5-7-9(12)13;5-3(6)1-9-2-4(7)8;;/h1-7H2,(H,10,11)(H,12,13);1-2H2,(H,5,6)(H,7,8);;/q;;2*+1/p-2. The SMILES string of the molecule is O=C(O)CCCCCCCC(=O)O.O=C([O-])COCC(=O)[O-].[K+].[K+].